The smallest absolute Gasteiger partial charge is 0.336 e. The highest BCUT2D eigenvalue weighted by atomic mass is 35.5. The van der Waals surface area contributed by atoms with Crippen LogP contribution in [-0.2, 0) is 0 Å². The first-order chi connectivity index (χ1) is 11.1. The predicted octanol–water partition coefficient (Wildman–Crippen LogP) is 3.44. The molecule has 2 aromatic heterocycles. The van der Waals surface area contributed by atoms with Gasteiger partial charge in [-0.15, -0.1) is 0 Å². The van der Waals surface area contributed by atoms with E-state index in [9.17, 15) is 9.90 Å². The second kappa shape index (κ2) is 6.18. The van der Waals surface area contributed by atoms with E-state index < -0.39 is 5.97 Å². The summed E-state index contributed by atoms with van der Waals surface area (Å²) in [7, 11) is 0. The molecule has 0 radical (unpaired) electrons. The van der Waals surface area contributed by atoms with Crippen LogP contribution >= 0.6 is 11.6 Å². The molecule has 0 unspecified atom stereocenters. The van der Waals surface area contributed by atoms with E-state index in [1.54, 1.807) is 30.6 Å². The van der Waals surface area contributed by atoms with Gasteiger partial charge in [0.05, 0.1) is 23.4 Å². The Morgan fingerprint density at radius 2 is 2.00 bits per heavy atom. The second-order valence-corrected chi connectivity index (χ2v) is 5.15. The third-order valence-corrected chi connectivity index (χ3v) is 3.43. The predicted molar refractivity (Wildman–Crippen MR) is 85.9 cm³/mol. The normalized spacial score (nSPS) is 10.7. The third kappa shape index (κ3) is 3.07. The highest BCUT2D eigenvalue weighted by Crippen LogP contribution is 2.26. The zero-order valence-corrected chi connectivity index (χ0v) is 12.9. The number of pyridine rings is 1. The van der Waals surface area contributed by atoms with Crippen molar-refractivity contribution in [3.8, 4) is 17.3 Å². The van der Waals surface area contributed by atoms with Crippen molar-refractivity contribution in [3.05, 3.63) is 47.2 Å². The maximum atomic E-state index is 11.5. The number of carboxylic acids is 1. The average Bonchev–Trinajstić information content (AvgIpc) is 2.54. The van der Waals surface area contributed by atoms with Crippen molar-refractivity contribution in [1.29, 1.82) is 0 Å². The lowest BCUT2D eigenvalue weighted by atomic mass is 10.1. The van der Waals surface area contributed by atoms with Crippen LogP contribution in [0.3, 0.4) is 0 Å². The molecular formula is C16H12ClN3O3. The molecule has 3 rings (SSSR count). The number of hydrogen-bond donors (Lipinski definition) is 1. The molecule has 6 nitrogen and oxygen atoms in total. The molecule has 2 heterocycles. The van der Waals surface area contributed by atoms with Crippen LogP contribution in [0, 0.1) is 0 Å². The molecule has 116 valence electrons. The van der Waals surface area contributed by atoms with Crippen LogP contribution < -0.4 is 4.74 Å². The zero-order valence-electron chi connectivity index (χ0n) is 12.2. The van der Waals surface area contributed by atoms with Crippen LogP contribution in [0.25, 0.3) is 22.2 Å². The lowest BCUT2D eigenvalue weighted by Crippen LogP contribution is -2.01. The van der Waals surface area contributed by atoms with Crippen molar-refractivity contribution >= 4 is 28.5 Å². The quantitative estimate of drug-likeness (QED) is 0.789. The number of aromatic carboxylic acids is 1. The molecule has 0 atom stereocenters. The Hall–Kier alpha value is -2.73. The number of halogens is 1. The summed E-state index contributed by atoms with van der Waals surface area (Å²) in [6, 6.07) is 6.67. The van der Waals surface area contributed by atoms with Gasteiger partial charge in [0.1, 0.15) is 0 Å². The molecule has 7 heteroatoms. The lowest BCUT2D eigenvalue weighted by molar-refractivity contribution is 0.0699. The number of carboxylic acid groups (broad SMARTS) is 1. The molecule has 0 fully saturated rings. The van der Waals surface area contributed by atoms with Gasteiger partial charge >= 0.3 is 12.0 Å². The number of carbonyl (C=O) groups is 1. The van der Waals surface area contributed by atoms with Crippen LogP contribution in [0.1, 0.15) is 17.3 Å². The summed E-state index contributed by atoms with van der Waals surface area (Å²) < 4.78 is 5.19. The van der Waals surface area contributed by atoms with Crippen LogP contribution in [0.5, 0.6) is 6.01 Å². The van der Waals surface area contributed by atoms with E-state index in [-0.39, 0.29) is 11.6 Å². The molecule has 0 saturated heterocycles. The standard InChI is InChI=1S/C16H12ClN3O3/c1-2-23-16-18-7-9(8-19-16)13-6-12(15(21)22)11-4-3-10(17)5-14(11)20-13/h3-8H,2H2,1H3,(H,21,22). The number of ether oxygens (including phenoxy) is 1. The second-order valence-electron chi connectivity index (χ2n) is 4.71. The van der Waals surface area contributed by atoms with Gasteiger partial charge in [-0.25, -0.2) is 19.7 Å². The third-order valence-electron chi connectivity index (χ3n) is 3.20. The Bertz CT molecular complexity index is 882. The van der Waals surface area contributed by atoms with Crippen molar-refractivity contribution < 1.29 is 14.6 Å². The minimum atomic E-state index is -1.03. The van der Waals surface area contributed by atoms with Crippen molar-refractivity contribution in [2.75, 3.05) is 6.61 Å². The first-order valence-corrected chi connectivity index (χ1v) is 7.25. The summed E-state index contributed by atoms with van der Waals surface area (Å²) in [5.74, 6) is -1.03. The van der Waals surface area contributed by atoms with Gasteiger partial charge in [0, 0.05) is 28.4 Å². The first-order valence-electron chi connectivity index (χ1n) is 6.87. The van der Waals surface area contributed by atoms with E-state index in [2.05, 4.69) is 15.0 Å². The van der Waals surface area contributed by atoms with Crippen molar-refractivity contribution in [2.24, 2.45) is 0 Å². The molecule has 1 aromatic carbocycles. The summed E-state index contributed by atoms with van der Waals surface area (Å²) in [4.78, 5) is 24.1. The van der Waals surface area contributed by atoms with Gasteiger partial charge in [-0.1, -0.05) is 17.7 Å². The molecule has 1 N–H and O–H groups in total. The minimum absolute atomic E-state index is 0.149. The molecule has 0 aliphatic rings. The van der Waals surface area contributed by atoms with Gasteiger partial charge in [0.2, 0.25) is 0 Å². The van der Waals surface area contributed by atoms with E-state index in [4.69, 9.17) is 16.3 Å². The molecule has 0 bridgehead atoms. The number of benzene rings is 1. The molecule has 23 heavy (non-hydrogen) atoms. The molecule has 0 saturated carbocycles. The first kappa shape index (κ1) is 15.2. The Morgan fingerprint density at radius 1 is 1.26 bits per heavy atom. The fourth-order valence-electron chi connectivity index (χ4n) is 2.18. The zero-order chi connectivity index (χ0) is 16.4. The van der Waals surface area contributed by atoms with E-state index in [1.165, 1.54) is 6.07 Å². The number of nitrogens with zero attached hydrogens (tertiary/aromatic N) is 3. The molecule has 0 amide bonds. The molecule has 0 aliphatic carbocycles. The van der Waals surface area contributed by atoms with E-state index in [1.807, 2.05) is 6.92 Å². The monoisotopic (exact) mass is 329 g/mol. The molecule has 3 aromatic rings. The number of hydrogen-bond acceptors (Lipinski definition) is 5. The van der Waals surface area contributed by atoms with Gasteiger partial charge in [-0.05, 0) is 25.1 Å². The van der Waals surface area contributed by atoms with E-state index in [0.717, 1.165) is 0 Å². The topological polar surface area (TPSA) is 85.2 Å². The summed E-state index contributed by atoms with van der Waals surface area (Å²) in [6.07, 6.45) is 3.09. The largest absolute Gasteiger partial charge is 0.478 e. The van der Waals surface area contributed by atoms with Gasteiger partial charge in [-0.3, -0.25) is 0 Å². The highest BCUT2D eigenvalue weighted by Gasteiger charge is 2.14. The summed E-state index contributed by atoms with van der Waals surface area (Å²) in [5, 5.41) is 10.4. The van der Waals surface area contributed by atoms with E-state index in [0.29, 0.717) is 33.8 Å². The molecule has 0 spiro atoms. The van der Waals surface area contributed by atoms with Crippen LogP contribution in [0.2, 0.25) is 5.02 Å². The van der Waals surface area contributed by atoms with Crippen molar-refractivity contribution in [3.63, 3.8) is 0 Å². The number of rotatable bonds is 4. The van der Waals surface area contributed by atoms with Crippen LogP contribution in [-0.4, -0.2) is 32.6 Å². The maximum Gasteiger partial charge on any atom is 0.336 e. The number of fused-ring (bicyclic) bond motifs is 1. The molecular weight excluding hydrogens is 318 g/mol. The van der Waals surface area contributed by atoms with Crippen molar-refractivity contribution in [1.82, 2.24) is 15.0 Å². The summed E-state index contributed by atoms with van der Waals surface area (Å²) >= 11 is 5.98. The molecule has 0 aliphatic heterocycles. The SMILES string of the molecule is CCOc1ncc(-c2cc(C(=O)O)c3ccc(Cl)cc3n2)cn1. The number of aromatic nitrogens is 3. The van der Waals surface area contributed by atoms with Crippen LogP contribution in [0.15, 0.2) is 36.7 Å². The fraction of sp³-hybridized carbons (Fsp3) is 0.125. The van der Waals surface area contributed by atoms with E-state index >= 15 is 0 Å². The minimum Gasteiger partial charge on any atom is -0.478 e. The maximum absolute atomic E-state index is 11.5. The van der Waals surface area contributed by atoms with Gasteiger partial charge in [0.15, 0.2) is 0 Å². The summed E-state index contributed by atoms with van der Waals surface area (Å²) in [6.45, 7) is 2.31. The lowest BCUT2D eigenvalue weighted by Gasteiger charge is -2.07. The van der Waals surface area contributed by atoms with Gasteiger partial charge in [0.25, 0.3) is 0 Å². The Balaban J connectivity index is 2.15. The Morgan fingerprint density at radius 3 is 2.65 bits per heavy atom. The van der Waals surface area contributed by atoms with Crippen LogP contribution in [0.4, 0.5) is 0 Å². The Labute approximate surface area is 136 Å². The van der Waals surface area contributed by atoms with Crippen molar-refractivity contribution in [2.45, 2.75) is 6.92 Å². The average molecular weight is 330 g/mol. The summed E-state index contributed by atoms with van der Waals surface area (Å²) in [5.41, 5.74) is 1.70. The van der Waals surface area contributed by atoms with Gasteiger partial charge < -0.3 is 9.84 Å². The fourth-order valence-corrected chi connectivity index (χ4v) is 2.34. The van der Waals surface area contributed by atoms with Gasteiger partial charge in [-0.2, -0.15) is 0 Å². The Kier molecular flexibility index (Phi) is 4.08. The highest BCUT2D eigenvalue weighted by molar-refractivity contribution is 6.31.